The monoisotopic (exact) mass is 321 g/mol. The van der Waals surface area contributed by atoms with Crippen molar-refractivity contribution in [3.63, 3.8) is 0 Å². The van der Waals surface area contributed by atoms with Gasteiger partial charge in [0.1, 0.15) is 0 Å². The van der Waals surface area contributed by atoms with Gasteiger partial charge in [-0.3, -0.25) is 0 Å². The molecule has 1 N–H and O–H groups in total. The lowest BCUT2D eigenvalue weighted by Gasteiger charge is -2.26. The molecule has 112 valence electrons. The van der Waals surface area contributed by atoms with E-state index in [4.69, 9.17) is 0 Å². The number of thiophene rings is 1. The van der Waals surface area contributed by atoms with Gasteiger partial charge in [-0.2, -0.15) is 0 Å². The van der Waals surface area contributed by atoms with Gasteiger partial charge in [0.2, 0.25) is 0 Å². The summed E-state index contributed by atoms with van der Waals surface area (Å²) in [5, 5.41) is 5.53. The van der Waals surface area contributed by atoms with Gasteiger partial charge >= 0.3 is 0 Å². The first-order valence-electron chi connectivity index (χ1n) is 6.99. The molecule has 1 unspecified atom stereocenters. The summed E-state index contributed by atoms with van der Waals surface area (Å²) in [4.78, 5) is 1.79. The van der Waals surface area contributed by atoms with Gasteiger partial charge in [-0.05, 0) is 23.1 Å². The highest BCUT2D eigenvalue weighted by Gasteiger charge is 2.35. The number of fused-ring (bicyclic) bond motifs is 1. The van der Waals surface area contributed by atoms with Gasteiger partial charge in [0.25, 0.3) is 0 Å². The summed E-state index contributed by atoms with van der Waals surface area (Å²) >= 11 is 1.74. The molecular weight excluding hydrogens is 302 g/mol. The molecule has 1 aromatic carbocycles. The van der Waals surface area contributed by atoms with Crippen LogP contribution in [-0.4, -0.2) is 20.7 Å². The fourth-order valence-corrected chi connectivity index (χ4v) is 5.37. The summed E-state index contributed by atoms with van der Waals surface area (Å²) in [6.45, 7) is 5.12. The standard InChI is InChI=1S/C16H19NO2S2/c1-16(2,15-8-5-9-20-15)11-17-13-10-21(18,19)14-7-4-3-6-12(13)14/h3-9,13,17H,10-11H2,1-2H3. The first kappa shape index (κ1) is 14.8. The lowest BCUT2D eigenvalue weighted by Crippen LogP contribution is -2.35. The van der Waals surface area contributed by atoms with Gasteiger partial charge in [-0.15, -0.1) is 11.3 Å². The molecule has 1 aliphatic rings. The van der Waals surface area contributed by atoms with Gasteiger partial charge in [0, 0.05) is 22.9 Å². The summed E-state index contributed by atoms with van der Waals surface area (Å²) in [6, 6.07) is 11.4. The van der Waals surface area contributed by atoms with Crippen LogP contribution in [0.15, 0.2) is 46.7 Å². The van der Waals surface area contributed by atoms with E-state index in [1.165, 1.54) is 4.88 Å². The van der Waals surface area contributed by atoms with Crippen LogP contribution in [0.1, 0.15) is 30.3 Å². The molecule has 0 aliphatic carbocycles. The third-order valence-corrected chi connectivity index (χ3v) is 7.04. The number of sulfone groups is 1. The normalized spacial score (nSPS) is 20.4. The Labute approximate surface area is 129 Å². The highest BCUT2D eigenvalue weighted by molar-refractivity contribution is 7.91. The molecule has 5 heteroatoms. The van der Waals surface area contributed by atoms with Gasteiger partial charge in [-0.25, -0.2) is 8.42 Å². The van der Waals surface area contributed by atoms with Crippen molar-refractivity contribution in [3.05, 3.63) is 52.2 Å². The van der Waals surface area contributed by atoms with Crippen LogP contribution in [0.4, 0.5) is 0 Å². The fourth-order valence-electron chi connectivity index (χ4n) is 2.75. The predicted molar refractivity (Wildman–Crippen MR) is 86.6 cm³/mol. The third-order valence-electron chi connectivity index (χ3n) is 3.99. The van der Waals surface area contributed by atoms with E-state index >= 15 is 0 Å². The van der Waals surface area contributed by atoms with Gasteiger partial charge < -0.3 is 5.32 Å². The largest absolute Gasteiger partial charge is 0.308 e. The molecule has 0 radical (unpaired) electrons. The molecule has 2 heterocycles. The Bertz CT molecular complexity index is 733. The molecule has 2 aromatic rings. The number of rotatable bonds is 4. The SMILES string of the molecule is CC(C)(CNC1CS(=O)(=O)c2ccccc21)c1cccs1. The van der Waals surface area contributed by atoms with Crippen LogP contribution in [0.2, 0.25) is 0 Å². The average molecular weight is 321 g/mol. The van der Waals surface area contributed by atoms with Crippen LogP contribution in [0.5, 0.6) is 0 Å². The summed E-state index contributed by atoms with van der Waals surface area (Å²) in [6.07, 6.45) is 0. The lowest BCUT2D eigenvalue weighted by molar-refractivity contribution is 0.443. The second-order valence-corrected chi connectivity index (χ2v) is 9.06. The van der Waals surface area contributed by atoms with Crippen molar-refractivity contribution in [3.8, 4) is 0 Å². The number of benzene rings is 1. The molecule has 21 heavy (non-hydrogen) atoms. The minimum atomic E-state index is -3.14. The van der Waals surface area contributed by atoms with Crippen molar-refractivity contribution in [1.82, 2.24) is 5.32 Å². The van der Waals surface area contributed by atoms with Crippen molar-refractivity contribution in [2.75, 3.05) is 12.3 Å². The van der Waals surface area contributed by atoms with Crippen LogP contribution in [0, 0.1) is 0 Å². The summed E-state index contributed by atoms with van der Waals surface area (Å²) in [5.74, 6) is 0.160. The summed E-state index contributed by atoms with van der Waals surface area (Å²) in [5.41, 5.74) is 0.898. The Balaban J connectivity index is 1.79. The molecule has 0 saturated heterocycles. The first-order chi connectivity index (χ1) is 9.90. The summed E-state index contributed by atoms with van der Waals surface area (Å²) in [7, 11) is -3.14. The Morgan fingerprint density at radius 2 is 2.00 bits per heavy atom. The molecule has 0 saturated carbocycles. The van der Waals surface area contributed by atoms with Crippen LogP contribution in [0.3, 0.4) is 0 Å². The van der Waals surface area contributed by atoms with E-state index in [9.17, 15) is 8.42 Å². The summed E-state index contributed by atoms with van der Waals surface area (Å²) < 4.78 is 24.4. The van der Waals surface area contributed by atoms with Gasteiger partial charge in [0.15, 0.2) is 9.84 Å². The van der Waals surface area contributed by atoms with Crippen molar-refractivity contribution in [2.24, 2.45) is 0 Å². The molecule has 3 nitrogen and oxygen atoms in total. The molecule has 1 aliphatic heterocycles. The molecular formula is C16H19NO2S2. The molecule has 0 bridgehead atoms. The van der Waals surface area contributed by atoms with Crippen molar-refractivity contribution >= 4 is 21.2 Å². The molecule has 3 rings (SSSR count). The topological polar surface area (TPSA) is 46.2 Å². The maximum atomic E-state index is 12.2. The van der Waals surface area contributed by atoms with E-state index in [1.807, 2.05) is 12.1 Å². The van der Waals surface area contributed by atoms with Crippen LogP contribution < -0.4 is 5.32 Å². The smallest absolute Gasteiger partial charge is 0.180 e. The highest BCUT2D eigenvalue weighted by atomic mass is 32.2. The maximum absolute atomic E-state index is 12.2. The predicted octanol–water partition coefficient (Wildman–Crippen LogP) is 3.14. The second-order valence-electron chi connectivity index (χ2n) is 6.11. The minimum Gasteiger partial charge on any atom is -0.308 e. The van der Waals surface area contributed by atoms with Gasteiger partial charge in [0.05, 0.1) is 10.6 Å². The van der Waals surface area contributed by atoms with E-state index in [0.29, 0.717) is 4.90 Å². The third kappa shape index (κ3) is 2.78. The minimum absolute atomic E-state index is 0.00450. The average Bonchev–Trinajstić information content (AvgIpc) is 3.05. The molecule has 0 spiro atoms. The van der Waals surface area contributed by atoms with E-state index in [0.717, 1.165) is 12.1 Å². The first-order valence-corrected chi connectivity index (χ1v) is 9.52. The Morgan fingerprint density at radius 1 is 1.24 bits per heavy atom. The van der Waals surface area contributed by atoms with E-state index in [1.54, 1.807) is 23.5 Å². The quantitative estimate of drug-likeness (QED) is 0.941. The fraction of sp³-hybridized carbons (Fsp3) is 0.375. The zero-order valence-electron chi connectivity index (χ0n) is 12.2. The molecule has 0 amide bonds. The van der Waals surface area contributed by atoms with Crippen LogP contribution in [-0.2, 0) is 15.3 Å². The molecule has 1 aromatic heterocycles. The van der Waals surface area contributed by atoms with E-state index in [2.05, 4.69) is 36.7 Å². The van der Waals surface area contributed by atoms with Crippen LogP contribution in [0.25, 0.3) is 0 Å². The van der Waals surface area contributed by atoms with Crippen LogP contribution >= 0.6 is 11.3 Å². The number of hydrogen-bond acceptors (Lipinski definition) is 4. The second kappa shape index (κ2) is 5.23. The van der Waals surface area contributed by atoms with Crippen molar-refractivity contribution in [1.29, 1.82) is 0 Å². The van der Waals surface area contributed by atoms with Crippen molar-refractivity contribution in [2.45, 2.75) is 30.2 Å². The number of nitrogens with one attached hydrogen (secondary N) is 1. The van der Waals surface area contributed by atoms with E-state index < -0.39 is 9.84 Å². The highest BCUT2D eigenvalue weighted by Crippen LogP contribution is 2.34. The molecule has 1 atom stereocenters. The Kier molecular flexibility index (Phi) is 3.67. The van der Waals surface area contributed by atoms with E-state index in [-0.39, 0.29) is 17.2 Å². The van der Waals surface area contributed by atoms with Gasteiger partial charge in [-0.1, -0.05) is 38.1 Å². The molecule has 0 fully saturated rings. The zero-order valence-corrected chi connectivity index (χ0v) is 13.8. The zero-order chi connectivity index (χ0) is 15.1. The maximum Gasteiger partial charge on any atom is 0.180 e. The Morgan fingerprint density at radius 3 is 2.71 bits per heavy atom. The number of hydrogen-bond donors (Lipinski definition) is 1. The Hall–Kier alpha value is -1.17. The van der Waals surface area contributed by atoms with Crippen molar-refractivity contribution < 1.29 is 8.42 Å². The lowest BCUT2D eigenvalue weighted by atomic mass is 9.91.